The minimum Gasteiger partial charge on any atom is -0.462 e. The van der Waals surface area contributed by atoms with Crippen molar-refractivity contribution in [3.05, 3.63) is 39.5 Å². The molecule has 3 aromatic rings. The number of carbonyl (C=O) groups is 2. The molecular formula is C18H19N3O4S. The van der Waals surface area contributed by atoms with Crippen molar-refractivity contribution in [2.45, 2.75) is 34.1 Å². The van der Waals surface area contributed by atoms with Crippen molar-refractivity contribution in [1.29, 1.82) is 0 Å². The normalized spacial score (nSPS) is 10.9. The van der Waals surface area contributed by atoms with Crippen molar-refractivity contribution >= 4 is 39.3 Å². The molecule has 0 aliphatic heterocycles. The molecule has 26 heavy (non-hydrogen) atoms. The smallest absolute Gasteiger partial charge is 0.350 e. The first-order valence-corrected chi connectivity index (χ1v) is 9.00. The summed E-state index contributed by atoms with van der Waals surface area (Å²) in [5.41, 5.74) is 3.85. The zero-order valence-corrected chi connectivity index (χ0v) is 15.8. The standard InChI is InChI=1S/C18H19N3O4S/c1-5-24-17(23)16-11(4)19-18(26-16)20-14(22)8-13-12-7-9(2)6-10(3)15(12)25-21-13/h6-7H,5,8H2,1-4H3,(H,19,20,22). The Kier molecular flexibility index (Phi) is 5.03. The number of fused-ring (bicyclic) bond motifs is 1. The van der Waals surface area contributed by atoms with Crippen molar-refractivity contribution in [3.63, 3.8) is 0 Å². The molecule has 3 rings (SSSR count). The first kappa shape index (κ1) is 18.1. The summed E-state index contributed by atoms with van der Waals surface area (Å²) in [4.78, 5) is 28.8. The summed E-state index contributed by atoms with van der Waals surface area (Å²) in [6.07, 6.45) is 0.0588. The van der Waals surface area contributed by atoms with E-state index in [0.29, 0.717) is 27.0 Å². The first-order valence-electron chi connectivity index (χ1n) is 8.19. The molecule has 2 heterocycles. The summed E-state index contributed by atoms with van der Waals surface area (Å²) in [6, 6.07) is 3.96. The molecule has 2 aromatic heterocycles. The molecule has 1 N–H and O–H groups in total. The van der Waals surface area contributed by atoms with Gasteiger partial charge in [-0.1, -0.05) is 22.6 Å². The van der Waals surface area contributed by atoms with Gasteiger partial charge >= 0.3 is 5.97 Å². The van der Waals surface area contributed by atoms with Crippen molar-refractivity contribution in [2.75, 3.05) is 11.9 Å². The maximum Gasteiger partial charge on any atom is 0.350 e. The number of thiazole rings is 1. The summed E-state index contributed by atoms with van der Waals surface area (Å²) >= 11 is 1.10. The average Bonchev–Trinajstić information content (AvgIpc) is 3.11. The number of nitrogens with zero attached hydrogens (tertiary/aromatic N) is 2. The molecule has 136 valence electrons. The van der Waals surface area contributed by atoms with Gasteiger partial charge in [-0.3, -0.25) is 4.79 Å². The highest BCUT2D eigenvalue weighted by molar-refractivity contribution is 7.17. The Bertz CT molecular complexity index is 990. The van der Waals surface area contributed by atoms with Gasteiger partial charge in [0, 0.05) is 5.39 Å². The largest absolute Gasteiger partial charge is 0.462 e. The number of aromatic nitrogens is 2. The molecule has 0 saturated heterocycles. The second-order valence-electron chi connectivity index (χ2n) is 5.97. The average molecular weight is 373 g/mol. The molecule has 1 amide bonds. The van der Waals surface area contributed by atoms with Crippen LogP contribution in [0.1, 0.15) is 39.1 Å². The van der Waals surface area contributed by atoms with Crippen LogP contribution in [-0.2, 0) is 16.0 Å². The lowest BCUT2D eigenvalue weighted by atomic mass is 10.1. The van der Waals surface area contributed by atoms with E-state index in [2.05, 4.69) is 15.5 Å². The molecule has 7 nitrogen and oxygen atoms in total. The third kappa shape index (κ3) is 3.60. The third-order valence-electron chi connectivity index (χ3n) is 3.81. The van der Waals surface area contributed by atoms with E-state index in [1.165, 1.54) is 0 Å². The van der Waals surface area contributed by atoms with Gasteiger partial charge in [0.05, 0.1) is 18.7 Å². The molecule has 0 saturated carbocycles. The molecule has 0 radical (unpaired) electrons. The van der Waals surface area contributed by atoms with Crippen LogP contribution in [-0.4, -0.2) is 28.6 Å². The van der Waals surface area contributed by atoms with Crippen LogP contribution >= 0.6 is 11.3 Å². The van der Waals surface area contributed by atoms with Gasteiger partial charge in [0.2, 0.25) is 5.91 Å². The predicted molar refractivity (Wildman–Crippen MR) is 98.6 cm³/mol. The Labute approximate surface area is 154 Å². The number of benzene rings is 1. The lowest BCUT2D eigenvalue weighted by Crippen LogP contribution is -2.14. The number of amides is 1. The summed E-state index contributed by atoms with van der Waals surface area (Å²) in [7, 11) is 0. The van der Waals surface area contributed by atoms with Gasteiger partial charge in [0.25, 0.3) is 0 Å². The number of anilines is 1. The molecule has 0 unspecified atom stereocenters. The van der Waals surface area contributed by atoms with Crippen molar-refractivity contribution in [2.24, 2.45) is 0 Å². The van der Waals surface area contributed by atoms with Gasteiger partial charge in [-0.2, -0.15) is 0 Å². The highest BCUT2D eigenvalue weighted by atomic mass is 32.1. The van der Waals surface area contributed by atoms with E-state index in [0.717, 1.165) is 27.8 Å². The molecule has 0 atom stereocenters. The number of nitrogens with one attached hydrogen (secondary N) is 1. The highest BCUT2D eigenvalue weighted by Crippen LogP contribution is 2.26. The van der Waals surface area contributed by atoms with Gasteiger partial charge in [-0.25, -0.2) is 9.78 Å². The van der Waals surface area contributed by atoms with Gasteiger partial charge in [-0.05, 0) is 44.9 Å². The van der Waals surface area contributed by atoms with Crippen LogP contribution in [0.5, 0.6) is 0 Å². The Morgan fingerprint density at radius 1 is 1.27 bits per heavy atom. The van der Waals surface area contributed by atoms with Crippen LogP contribution in [0, 0.1) is 20.8 Å². The molecule has 8 heteroatoms. The van der Waals surface area contributed by atoms with E-state index in [-0.39, 0.29) is 18.9 Å². The Morgan fingerprint density at radius 2 is 2.04 bits per heavy atom. The van der Waals surface area contributed by atoms with Gasteiger partial charge < -0.3 is 14.6 Å². The fourth-order valence-electron chi connectivity index (χ4n) is 2.72. The second kappa shape index (κ2) is 7.25. The zero-order chi connectivity index (χ0) is 18.8. The number of hydrogen-bond donors (Lipinski definition) is 1. The van der Waals surface area contributed by atoms with E-state index in [9.17, 15) is 9.59 Å². The van der Waals surface area contributed by atoms with Gasteiger partial charge in [-0.15, -0.1) is 0 Å². The van der Waals surface area contributed by atoms with E-state index in [1.54, 1.807) is 13.8 Å². The minimum absolute atomic E-state index is 0.0588. The summed E-state index contributed by atoms with van der Waals surface area (Å²) in [6.45, 7) is 7.66. The lowest BCUT2D eigenvalue weighted by Gasteiger charge is -2.00. The SMILES string of the molecule is CCOC(=O)c1sc(NC(=O)Cc2noc3c(C)cc(C)cc23)nc1C. The minimum atomic E-state index is -0.434. The Balaban J connectivity index is 1.76. The zero-order valence-electron chi connectivity index (χ0n) is 15.0. The summed E-state index contributed by atoms with van der Waals surface area (Å²) < 4.78 is 10.3. The maximum absolute atomic E-state index is 12.4. The van der Waals surface area contributed by atoms with E-state index in [4.69, 9.17) is 9.26 Å². The molecular weight excluding hydrogens is 354 g/mol. The number of rotatable bonds is 5. The van der Waals surface area contributed by atoms with Crippen molar-refractivity contribution < 1.29 is 18.8 Å². The summed E-state index contributed by atoms with van der Waals surface area (Å²) in [5.74, 6) is -0.708. The van der Waals surface area contributed by atoms with Crippen LogP contribution in [0.2, 0.25) is 0 Å². The maximum atomic E-state index is 12.4. The van der Waals surface area contributed by atoms with Crippen molar-refractivity contribution in [3.8, 4) is 0 Å². The topological polar surface area (TPSA) is 94.3 Å². The molecule has 0 aliphatic carbocycles. The Hall–Kier alpha value is -2.74. The fraction of sp³-hybridized carbons (Fsp3) is 0.333. The van der Waals surface area contributed by atoms with Gasteiger partial charge in [0.1, 0.15) is 10.6 Å². The number of ether oxygens (including phenoxy) is 1. The highest BCUT2D eigenvalue weighted by Gasteiger charge is 2.19. The third-order valence-corrected chi connectivity index (χ3v) is 4.86. The monoisotopic (exact) mass is 373 g/mol. The molecule has 0 spiro atoms. The number of hydrogen-bond acceptors (Lipinski definition) is 7. The van der Waals surface area contributed by atoms with Crippen LogP contribution in [0.15, 0.2) is 16.7 Å². The first-order chi connectivity index (χ1) is 12.4. The van der Waals surface area contributed by atoms with E-state index < -0.39 is 5.97 Å². The molecule has 1 aromatic carbocycles. The van der Waals surface area contributed by atoms with E-state index >= 15 is 0 Å². The fourth-order valence-corrected chi connectivity index (χ4v) is 3.60. The quantitative estimate of drug-likeness (QED) is 0.687. The molecule has 0 bridgehead atoms. The predicted octanol–water partition coefficient (Wildman–Crippen LogP) is 3.57. The van der Waals surface area contributed by atoms with Crippen molar-refractivity contribution in [1.82, 2.24) is 10.1 Å². The van der Waals surface area contributed by atoms with Crippen LogP contribution in [0.4, 0.5) is 5.13 Å². The Morgan fingerprint density at radius 3 is 2.77 bits per heavy atom. The number of carbonyl (C=O) groups excluding carboxylic acids is 2. The molecule has 0 aliphatic rings. The number of esters is 1. The summed E-state index contributed by atoms with van der Waals surface area (Å²) in [5, 5.41) is 7.93. The second-order valence-corrected chi connectivity index (χ2v) is 6.97. The van der Waals surface area contributed by atoms with E-state index in [1.807, 2.05) is 26.0 Å². The molecule has 0 fully saturated rings. The van der Waals surface area contributed by atoms with Crippen LogP contribution < -0.4 is 5.32 Å². The lowest BCUT2D eigenvalue weighted by molar-refractivity contribution is -0.115. The van der Waals surface area contributed by atoms with Gasteiger partial charge in [0.15, 0.2) is 10.7 Å². The number of aryl methyl sites for hydroxylation is 3. The van der Waals surface area contributed by atoms with Crippen LogP contribution in [0.25, 0.3) is 11.0 Å². The van der Waals surface area contributed by atoms with Crippen LogP contribution in [0.3, 0.4) is 0 Å².